The van der Waals surface area contributed by atoms with Crippen LogP contribution in [0.1, 0.15) is 43.3 Å². The zero-order chi connectivity index (χ0) is 23.4. The second-order valence-corrected chi connectivity index (χ2v) is 9.00. The van der Waals surface area contributed by atoms with Crippen molar-refractivity contribution in [2.24, 2.45) is 11.8 Å². The molecule has 2 unspecified atom stereocenters. The zero-order valence-electron chi connectivity index (χ0n) is 19.4. The Morgan fingerprint density at radius 2 is 1.33 bits per heavy atom. The number of carbonyl (C=O) groups is 2. The molecule has 1 aliphatic rings. The highest BCUT2D eigenvalue weighted by atomic mass is 16.1. The maximum absolute atomic E-state index is 13.9. The van der Waals surface area contributed by atoms with Crippen LogP contribution in [-0.4, -0.2) is 36.1 Å². The summed E-state index contributed by atoms with van der Waals surface area (Å²) in [4.78, 5) is 29.9. The number of likely N-dealkylation sites (tertiary alicyclic amines) is 1. The zero-order valence-corrected chi connectivity index (χ0v) is 19.4. The SMILES string of the molecule is C=CCN1CC(C(=O)c2ccccc2)C(c2cccc(C)c2C)C(C(=O)c2ccccc2)C1. The van der Waals surface area contributed by atoms with E-state index in [-0.39, 0.29) is 29.3 Å². The number of piperidine rings is 1. The highest BCUT2D eigenvalue weighted by Gasteiger charge is 2.45. The van der Waals surface area contributed by atoms with Crippen LogP contribution in [0.25, 0.3) is 0 Å². The van der Waals surface area contributed by atoms with Crippen LogP contribution in [0.4, 0.5) is 0 Å². The van der Waals surface area contributed by atoms with E-state index in [4.69, 9.17) is 0 Å². The van der Waals surface area contributed by atoms with Crippen molar-refractivity contribution < 1.29 is 9.59 Å². The second kappa shape index (κ2) is 10.1. The molecule has 4 rings (SSSR count). The standard InChI is InChI=1S/C30H31NO2/c1-4-18-31-19-26(29(32)23-13-7-5-8-14-23)28(25-17-11-12-21(2)22(25)3)27(20-31)30(33)24-15-9-6-10-16-24/h4-17,26-28H,1,18-20H2,2-3H3. The van der Waals surface area contributed by atoms with Crippen LogP contribution >= 0.6 is 0 Å². The van der Waals surface area contributed by atoms with Gasteiger partial charge in [-0.1, -0.05) is 84.9 Å². The molecule has 0 aliphatic carbocycles. The van der Waals surface area contributed by atoms with Crippen molar-refractivity contribution in [3.8, 4) is 0 Å². The molecule has 0 aromatic heterocycles. The van der Waals surface area contributed by atoms with Crippen molar-refractivity contribution in [1.82, 2.24) is 4.90 Å². The number of rotatable bonds is 7. The van der Waals surface area contributed by atoms with Crippen LogP contribution in [0.2, 0.25) is 0 Å². The molecule has 3 heteroatoms. The van der Waals surface area contributed by atoms with E-state index in [0.717, 1.165) is 11.1 Å². The van der Waals surface area contributed by atoms with Gasteiger partial charge in [0.05, 0.1) is 0 Å². The van der Waals surface area contributed by atoms with Gasteiger partial charge >= 0.3 is 0 Å². The summed E-state index contributed by atoms with van der Waals surface area (Å²) in [5.74, 6) is -0.632. The predicted octanol–water partition coefficient (Wildman–Crippen LogP) is 5.89. The normalized spacial score (nSPS) is 20.8. The Kier molecular flexibility index (Phi) is 7.00. The minimum Gasteiger partial charge on any atom is -0.298 e. The molecule has 2 atom stereocenters. The fourth-order valence-corrected chi connectivity index (χ4v) is 5.16. The lowest BCUT2D eigenvalue weighted by atomic mass is 9.67. The van der Waals surface area contributed by atoms with Gasteiger partial charge in [0, 0.05) is 48.5 Å². The molecule has 0 amide bonds. The van der Waals surface area contributed by atoms with Crippen LogP contribution in [0.3, 0.4) is 0 Å². The van der Waals surface area contributed by atoms with Crippen molar-refractivity contribution in [1.29, 1.82) is 0 Å². The lowest BCUT2D eigenvalue weighted by Gasteiger charge is -2.43. The molecular weight excluding hydrogens is 406 g/mol. The molecule has 1 saturated heterocycles. The Balaban J connectivity index is 1.85. The third-order valence-corrected chi connectivity index (χ3v) is 6.96. The van der Waals surface area contributed by atoms with Crippen molar-refractivity contribution in [2.45, 2.75) is 19.8 Å². The van der Waals surface area contributed by atoms with Gasteiger partial charge in [0.25, 0.3) is 0 Å². The van der Waals surface area contributed by atoms with Gasteiger partial charge < -0.3 is 0 Å². The first kappa shape index (κ1) is 22.9. The Morgan fingerprint density at radius 3 is 1.82 bits per heavy atom. The number of hydrogen-bond acceptors (Lipinski definition) is 3. The molecule has 0 radical (unpaired) electrons. The molecule has 3 nitrogen and oxygen atoms in total. The Bertz CT molecular complexity index is 1070. The summed E-state index contributed by atoms with van der Waals surface area (Å²) in [5.41, 5.74) is 4.85. The van der Waals surface area contributed by atoms with E-state index in [1.54, 1.807) is 0 Å². The Labute approximate surface area is 196 Å². The molecule has 3 aromatic rings. The van der Waals surface area contributed by atoms with Gasteiger partial charge in [-0.3, -0.25) is 14.5 Å². The molecular formula is C30H31NO2. The smallest absolute Gasteiger partial charge is 0.167 e. The highest BCUT2D eigenvalue weighted by Crippen LogP contribution is 2.42. The first-order valence-electron chi connectivity index (χ1n) is 11.6. The molecule has 0 spiro atoms. The molecule has 1 aliphatic heterocycles. The maximum Gasteiger partial charge on any atom is 0.167 e. The summed E-state index contributed by atoms with van der Waals surface area (Å²) in [6, 6.07) is 25.2. The summed E-state index contributed by atoms with van der Waals surface area (Å²) in [6.07, 6.45) is 1.85. The summed E-state index contributed by atoms with van der Waals surface area (Å²) in [7, 11) is 0. The monoisotopic (exact) mass is 437 g/mol. The van der Waals surface area contributed by atoms with E-state index in [2.05, 4.69) is 37.5 Å². The molecule has 0 saturated carbocycles. The molecule has 0 N–H and O–H groups in total. The summed E-state index contributed by atoms with van der Waals surface area (Å²) in [5, 5.41) is 0. The van der Waals surface area contributed by atoms with Crippen LogP contribution in [0.5, 0.6) is 0 Å². The van der Waals surface area contributed by atoms with Crippen LogP contribution in [0.15, 0.2) is 91.5 Å². The maximum atomic E-state index is 13.9. The molecule has 168 valence electrons. The molecule has 1 fully saturated rings. The molecule has 33 heavy (non-hydrogen) atoms. The van der Waals surface area contributed by atoms with E-state index in [0.29, 0.717) is 30.8 Å². The number of ketones is 2. The number of hydrogen-bond donors (Lipinski definition) is 0. The summed E-state index contributed by atoms with van der Waals surface area (Å²) < 4.78 is 0. The molecule has 0 bridgehead atoms. The van der Waals surface area contributed by atoms with Crippen molar-refractivity contribution in [2.75, 3.05) is 19.6 Å². The fraction of sp³-hybridized carbons (Fsp3) is 0.267. The number of carbonyl (C=O) groups excluding carboxylic acids is 2. The van der Waals surface area contributed by atoms with Gasteiger partial charge in [-0.15, -0.1) is 6.58 Å². The van der Waals surface area contributed by atoms with Crippen LogP contribution < -0.4 is 0 Å². The minimum atomic E-state index is -0.320. The highest BCUT2D eigenvalue weighted by molar-refractivity contribution is 6.02. The van der Waals surface area contributed by atoms with Gasteiger partial charge in [0.1, 0.15) is 0 Å². The fourth-order valence-electron chi connectivity index (χ4n) is 5.16. The quantitative estimate of drug-likeness (QED) is 0.342. The van der Waals surface area contributed by atoms with Gasteiger partial charge in [-0.05, 0) is 30.5 Å². The first-order valence-corrected chi connectivity index (χ1v) is 11.6. The number of benzene rings is 3. The Hall–Kier alpha value is -3.30. The molecule has 3 aromatic carbocycles. The number of Topliss-reactive ketones (excluding diaryl/α,β-unsaturated/α-hetero) is 2. The predicted molar refractivity (Wildman–Crippen MR) is 134 cm³/mol. The average Bonchev–Trinajstić information content (AvgIpc) is 2.86. The van der Waals surface area contributed by atoms with Crippen molar-refractivity contribution in [3.05, 3.63) is 119 Å². The van der Waals surface area contributed by atoms with Gasteiger partial charge in [-0.2, -0.15) is 0 Å². The van der Waals surface area contributed by atoms with Crippen molar-refractivity contribution in [3.63, 3.8) is 0 Å². The van der Waals surface area contributed by atoms with E-state index < -0.39 is 0 Å². The summed E-state index contributed by atoms with van der Waals surface area (Å²) in [6.45, 7) is 9.96. The van der Waals surface area contributed by atoms with Crippen LogP contribution in [0, 0.1) is 25.7 Å². The largest absolute Gasteiger partial charge is 0.298 e. The Morgan fingerprint density at radius 1 is 0.818 bits per heavy atom. The first-order chi connectivity index (χ1) is 16.0. The number of nitrogens with zero attached hydrogens (tertiary/aromatic N) is 1. The lowest BCUT2D eigenvalue weighted by molar-refractivity contribution is 0.0597. The van der Waals surface area contributed by atoms with Crippen LogP contribution in [-0.2, 0) is 0 Å². The topological polar surface area (TPSA) is 37.4 Å². The van der Waals surface area contributed by atoms with Gasteiger partial charge in [-0.25, -0.2) is 0 Å². The van der Waals surface area contributed by atoms with E-state index >= 15 is 0 Å². The van der Waals surface area contributed by atoms with Gasteiger partial charge in [0.15, 0.2) is 11.6 Å². The van der Waals surface area contributed by atoms with E-state index in [1.165, 1.54) is 5.56 Å². The van der Waals surface area contributed by atoms with E-state index in [9.17, 15) is 9.59 Å². The summed E-state index contributed by atoms with van der Waals surface area (Å²) >= 11 is 0. The second-order valence-electron chi connectivity index (χ2n) is 9.00. The average molecular weight is 438 g/mol. The van der Waals surface area contributed by atoms with Crippen molar-refractivity contribution >= 4 is 11.6 Å². The minimum absolute atomic E-state index is 0.0983. The third-order valence-electron chi connectivity index (χ3n) is 6.96. The van der Waals surface area contributed by atoms with E-state index in [1.807, 2.05) is 72.8 Å². The lowest BCUT2D eigenvalue weighted by Crippen LogP contribution is -2.50. The number of aryl methyl sites for hydroxylation is 1. The third kappa shape index (κ3) is 4.74. The van der Waals surface area contributed by atoms with Gasteiger partial charge in [0.2, 0.25) is 0 Å². The molecule has 1 heterocycles.